The fraction of sp³-hybridized carbons (Fsp3) is 0.412. The Labute approximate surface area is 121 Å². The Morgan fingerprint density at radius 3 is 2.32 bits per heavy atom. The third kappa shape index (κ3) is 1.50. The Hall–Kier alpha value is -0.863. The van der Waals surface area contributed by atoms with E-state index in [0.29, 0.717) is 5.04 Å². The van der Waals surface area contributed by atoms with Gasteiger partial charge in [0, 0.05) is 20.0 Å². The zero-order chi connectivity index (χ0) is 14.0. The number of fused-ring (bicyclic) bond motifs is 3. The minimum atomic E-state index is -1.31. The predicted octanol–water partition coefficient (Wildman–Crippen LogP) is 5.84. The van der Waals surface area contributed by atoms with E-state index in [1.807, 2.05) is 11.3 Å². The van der Waals surface area contributed by atoms with Crippen molar-refractivity contribution < 1.29 is 0 Å². The zero-order valence-electron chi connectivity index (χ0n) is 12.7. The minimum absolute atomic E-state index is 0.302. The van der Waals surface area contributed by atoms with Crippen molar-refractivity contribution in [3.63, 3.8) is 0 Å². The summed E-state index contributed by atoms with van der Waals surface area (Å²) < 4.78 is 1.45. The average molecular weight is 287 g/mol. The third-order valence-electron chi connectivity index (χ3n) is 5.24. The molecule has 1 heterocycles. The second kappa shape index (κ2) is 3.83. The van der Waals surface area contributed by atoms with Gasteiger partial charge in [0.2, 0.25) is 0 Å². The van der Waals surface area contributed by atoms with Crippen LogP contribution in [0.4, 0.5) is 0 Å². The number of allylic oxidation sites excluding steroid dienone is 2. The quantitative estimate of drug-likeness (QED) is 0.577. The molecule has 0 fully saturated rings. The molecule has 1 aromatic heterocycles. The molecule has 1 aliphatic carbocycles. The maximum absolute atomic E-state index is 2.50. The number of benzene rings is 1. The zero-order valence-corrected chi connectivity index (χ0v) is 14.5. The van der Waals surface area contributed by atoms with Crippen molar-refractivity contribution >= 4 is 35.1 Å². The Morgan fingerprint density at radius 2 is 1.68 bits per heavy atom. The van der Waals surface area contributed by atoms with Gasteiger partial charge in [0.15, 0.2) is 0 Å². The minimum Gasteiger partial charge on any atom is -0.139 e. The summed E-state index contributed by atoms with van der Waals surface area (Å²) in [5.41, 5.74) is 4.68. The molecule has 0 radical (unpaired) electrons. The van der Waals surface area contributed by atoms with Crippen molar-refractivity contribution in [1.82, 2.24) is 0 Å². The fourth-order valence-corrected chi connectivity index (χ4v) is 7.96. The first kappa shape index (κ1) is 13.1. The first-order valence-electron chi connectivity index (χ1n) is 6.99. The smallest absolute Gasteiger partial charge is 0.0615 e. The lowest BCUT2D eigenvalue weighted by Crippen LogP contribution is -2.46. The molecule has 100 valence electrons. The first-order chi connectivity index (χ1) is 8.78. The van der Waals surface area contributed by atoms with E-state index in [4.69, 9.17) is 0 Å². The summed E-state index contributed by atoms with van der Waals surface area (Å²) in [6.07, 6.45) is 0. The van der Waals surface area contributed by atoms with E-state index < -0.39 is 8.07 Å². The molecule has 0 nitrogen and oxygen atoms in total. The molecule has 19 heavy (non-hydrogen) atoms. The molecule has 2 heteroatoms. The summed E-state index contributed by atoms with van der Waals surface area (Å²) in [5, 5.41) is 1.76. The van der Waals surface area contributed by atoms with Crippen LogP contribution < -0.4 is 0 Å². The highest BCUT2D eigenvalue weighted by molar-refractivity contribution is 7.20. The molecule has 0 N–H and O–H groups in total. The van der Waals surface area contributed by atoms with Gasteiger partial charge in [0.1, 0.15) is 0 Å². The van der Waals surface area contributed by atoms with Crippen LogP contribution in [-0.4, -0.2) is 8.07 Å². The van der Waals surface area contributed by atoms with E-state index in [0.717, 1.165) is 0 Å². The molecule has 1 unspecified atom stereocenters. The van der Waals surface area contributed by atoms with Gasteiger partial charge in [-0.05, 0) is 31.1 Å². The summed E-state index contributed by atoms with van der Waals surface area (Å²) in [6.45, 7) is 14.7. The normalized spacial score (nSPS) is 23.3. The van der Waals surface area contributed by atoms with Crippen LogP contribution in [0.1, 0.15) is 31.2 Å². The predicted molar refractivity (Wildman–Crippen MR) is 90.8 cm³/mol. The molecule has 0 aliphatic heterocycles. The second-order valence-corrected chi connectivity index (χ2v) is 13.5. The van der Waals surface area contributed by atoms with Crippen LogP contribution in [-0.2, 0) is 5.04 Å². The van der Waals surface area contributed by atoms with Crippen molar-refractivity contribution in [2.45, 2.75) is 45.5 Å². The van der Waals surface area contributed by atoms with Crippen molar-refractivity contribution in [1.29, 1.82) is 0 Å². The highest BCUT2D eigenvalue weighted by Gasteiger charge is 2.49. The molecule has 0 amide bonds. The van der Waals surface area contributed by atoms with E-state index in [2.05, 4.69) is 64.7 Å². The molecule has 3 rings (SSSR count). The molecule has 1 atom stereocenters. The molecular formula is C17H22SSi. The summed E-state index contributed by atoms with van der Waals surface area (Å²) in [5.74, 6) is 0. The third-order valence-corrected chi connectivity index (χ3v) is 10.4. The van der Waals surface area contributed by atoms with Gasteiger partial charge in [-0.25, -0.2) is 0 Å². The topological polar surface area (TPSA) is 0 Å². The van der Waals surface area contributed by atoms with Gasteiger partial charge in [-0.15, -0.1) is 11.3 Å². The lowest BCUT2D eigenvalue weighted by atomic mass is 10.0. The van der Waals surface area contributed by atoms with Gasteiger partial charge in [0.25, 0.3) is 0 Å². The number of thiophene rings is 1. The average Bonchev–Trinajstić information content (AvgIpc) is 2.81. The van der Waals surface area contributed by atoms with Crippen LogP contribution in [0, 0.1) is 0 Å². The van der Waals surface area contributed by atoms with Gasteiger partial charge in [0.05, 0.1) is 8.07 Å². The van der Waals surface area contributed by atoms with Gasteiger partial charge in [-0.1, -0.05) is 50.3 Å². The number of hydrogen-bond acceptors (Lipinski definition) is 1. The highest BCUT2D eigenvalue weighted by atomic mass is 32.1. The lowest BCUT2D eigenvalue weighted by molar-refractivity contribution is 0.789. The van der Waals surface area contributed by atoms with Crippen LogP contribution in [0.2, 0.25) is 19.6 Å². The van der Waals surface area contributed by atoms with Crippen LogP contribution >= 0.6 is 11.3 Å². The van der Waals surface area contributed by atoms with Gasteiger partial charge < -0.3 is 0 Å². The van der Waals surface area contributed by atoms with Crippen LogP contribution in [0.3, 0.4) is 0 Å². The second-order valence-electron chi connectivity index (χ2n) is 6.93. The monoisotopic (exact) mass is 286 g/mol. The van der Waals surface area contributed by atoms with Crippen molar-refractivity contribution in [2.75, 3.05) is 0 Å². The van der Waals surface area contributed by atoms with Crippen LogP contribution in [0.25, 0.3) is 15.7 Å². The highest BCUT2D eigenvalue weighted by Crippen LogP contribution is 2.56. The van der Waals surface area contributed by atoms with E-state index in [-0.39, 0.29) is 0 Å². The molecule has 1 aliphatic rings. The molecule has 0 saturated heterocycles. The van der Waals surface area contributed by atoms with Gasteiger partial charge in [-0.2, -0.15) is 0 Å². The summed E-state index contributed by atoms with van der Waals surface area (Å²) in [6, 6.07) is 8.89. The van der Waals surface area contributed by atoms with E-state index in [1.54, 1.807) is 16.0 Å². The standard InChI is InChI=1S/C17H22SSi/c1-11-12(2)17(3,19(4,5)6)16-15(11)13-9-7-8-10-14(13)18-16/h7-10H,1-6H3. The SMILES string of the molecule is CC1=C(C)C(C)([Si](C)(C)C)c2sc3ccccc3c21. The van der Waals surface area contributed by atoms with Gasteiger partial charge in [-0.3, -0.25) is 0 Å². The Kier molecular flexibility index (Phi) is 2.65. The Balaban J connectivity index is 2.43. The maximum atomic E-state index is 2.50. The van der Waals surface area contributed by atoms with Gasteiger partial charge >= 0.3 is 0 Å². The van der Waals surface area contributed by atoms with Crippen LogP contribution in [0.5, 0.6) is 0 Å². The molecule has 0 bridgehead atoms. The largest absolute Gasteiger partial charge is 0.139 e. The van der Waals surface area contributed by atoms with E-state index >= 15 is 0 Å². The molecule has 0 spiro atoms. The van der Waals surface area contributed by atoms with E-state index in [1.165, 1.54) is 15.7 Å². The summed E-state index contributed by atoms with van der Waals surface area (Å²) in [7, 11) is -1.31. The number of hydrogen-bond donors (Lipinski definition) is 0. The molecule has 0 saturated carbocycles. The Morgan fingerprint density at radius 1 is 1.05 bits per heavy atom. The van der Waals surface area contributed by atoms with Crippen molar-refractivity contribution in [2.24, 2.45) is 0 Å². The Bertz CT molecular complexity index is 700. The molecule has 2 aromatic rings. The first-order valence-corrected chi connectivity index (χ1v) is 11.3. The maximum Gasteiger partial charge on any atom is 0.0615 e. The van der Waals surface area contributed by atoms with Crippen molar-refractivity contribution in [3.05, 3.63) is 40.3 Å². The van der Waals surface area contributed by atoms with Crippen LogP contribution in [0.15, 0.2) is 29.8 Å². The number of rotatable bonds is 1. The fourth-order valence-electron chi connectivity index (χ4n) is 3.41. The van der Waals surface area contributed by atoms with E-state index in [9.17, 15) is 0 Å². The summed E-state index contributed by atoms with van der Waals surface area (Å²) >= 11 is 2.02. The molecular weight excluding hydrogens is 264 g/mol. The summed E-state index contributed by atoms with van der Waals surface area (Å²) in [4.78, 5) is 1.63. The van der Waals surface area contributed by atoms with Crippen molar-refractivity contribution in [3.8, 4) is 0 Å². The lowest BCUT2D eigenvalue weighted by Gasteiger charge is -2.39. The molecule has 1 aromatic carbocycles.